The third-order valence-electron chi connectivity index (χ3n) is 8.62. The van der Waals surface area contributed by atoms with Crippen LogP contribution < -0.4 is 5.56 Å². The van der Waals surface area contributed by atoms with Crippen molar-refractivity contribution in [3.8, 4) is 5.69 Å². The van der Waals surface area contributed by atoms with E-state index in [2.05, 4.69) is 39.3 Å². The minimum Gasteiger partial charge on any atom is -0.295 e. The number of aliphatic imine (C=N–C) groups is 1. The molecule has 184 valence electrons. The van der Waals surface area contributed by atoms with E-state index in [1.165, 1.54) is 55.4 Å². The van der Waals surface area contributed by atoms with Gasteiger partial charge in [0, 0.05) is 11.9 Å². The highest BCUT2D eigenvalue weighted by atomic mass is 35.5. The normalized spacial score (nSPS) is 27.0. The van der Waals surface area contributed by atoms with Crippen molar-refractivity contribution < 1.29 is 0 Å². The van der Waals surface area contributed by atoms with E-state index in [-0.39, 0.29) is 5.56 Å². The van der Waals surface area contributed by atoms with Crippen molar-refractivity contribution in [2.75, 3.05) is 0 Å². The molecule has 0 radical (unpaired) electrons. The first-order chi connectivity index (χ1) is 17.4. The first-order valence-corrected chi connectivity index (χ1v) is 14.2. The van der Waals surface area contributed by atoms with Crippen LogP contribution in [0.3, 0.4) is 0 Å². The molecule has 0 saturated heterocycles. The average Bonchev–Trinajstić information content (AvgIpc) is 3.36. The van der Waals surface area contributed by atoms with Crippen LogP contribution in [0.15, 0.2) is 46.2 Å². The second kappa shape index (κ2) is 8.30. The monoisotopic (exact) mass is 536 g/mol. The lowest BCUT2D eigenvalue weighted by molar-refractivity contribution is -0.00518. The molecule has 1 N–H and O–H groups in total. The number of aromatic nitrogens is 3. The predicted octanol–water partition coefficient (Wildman–Crippen LogP) is 7.61. The maximum atomic E-state index is 13.3. The van der Waals surface area contributed by atoms with Gasteiger partial charge in [0.2, 0.25) is 5.13 Å². The SMILES string of the molecule is Cc1[nH]n(-c2ccc(C34CC5CC(CC(C5)C3)C4)cc2)c(=O)c1C=Nc1nc2cc(Cl)c(Cl)cc2s1. The molecule has 36 heavy (non-hydrogen) atoms. The third kappa shape index (κ3) is 3.68. The van der Waals surface area contributed by atoms with E-state index >= 15 is 0 Å². The van der Waals surface area contributed by atoms with Gasteiger partial charge in [-0.3, -0.25) is 9.89 Å². The Morgan fingerprint density at radius 3 is 2.36 bits per heavy atom. The fourth-order valence-electron chi connectivity index (χ4n) is 7.41. The lowest BCUT2D eigenvalue weighted by Crippen LogP contribution is -2.48. The average molecular weight is 538 g/mol. The number of thiazole rings is 1. The Hall–Kier alpha value is -2.41. The van der Waals surface area contributed by atoms with Gasteiger partial charge in [0.1, 0.15) is 0 Å². The summed E-state index contributed by atoms with van der Waals surface area (Å²) in [5.74, 6) is 2.74. The molecule has 0 aliphatic heterocycles. The van der Waals surface area contributed by atoms with Gasteiger partial charge in [0.15, 0.2) is 0 Å². The molecule has 2 aromatic carbocycles. The highest BCUT2D eigenvalue weighted by molar-refractivity contribution is 7.22. The number of benzene rings is 2. The molecule has 4 saturated carbocycles. The molecule has 0 spiro atoms. The van der Waals surface area contributed by atoms with Crippen LogP contribution >= 0.6 is 34.5 Å². The quantitative estimate of drug-likeness (QED) is 0.272. The Balaban J connectivity index is 1.16. The van der Waals surface area contributed by atoms with Crippen LogP contribution in [-0.2, 0) is 5.41 Å². The van der Waals surface area contributed by atoms with Gasteiger partial charge in [-0.05, 0) is 98.4 Å². The van der Waals surface area contributed by atoms with Crippen LogP contribution in [0.1, 0.15) is 55.3 Å². The Labute approximate surface area is 223 Å². The van der Waals surface area contributed by atoms with Gasteiger partial charge >= 0.3 is 0 Å². The Bertz CT molecular complexity index is 1510. The molecule has 0 unspecified atom stereocenters. The maximum absolute atomic E-state index is 13.3. The number of fused-ring (bicyclic) bond motifs is 1. The summed E-state index contributed by atoms with van der Waals surface area (Å²) in [6.45, 7) is 1.89. The highest BCUT2D eigenvalue weighted by Gasteiger charge is 2.51. The van der Waals surface area contributed by atoms with E-state index < -0.39 is 0 Å². The first-order valence-electron chi connectivity index (χ1n) is 12.6. The molecule has 0 amide bonds. The molecule has 5 nitrogen and oxygen atoms in total. The van der Waals surface area contributed by atoms with Crippen molar-refractivity contribution >= 4 is 56.1 Å². The van der Waals surface area contributed by atoms with Crippen LogP contribution in [0.25, 0.3) is 15.9 Å². The Kier molecular flexibility index (Phi) is 5.25. The molecule has 4 fully saturated rings. The number of hydrogen-bond acceptors (Lipinski definition) is 4. The summed E-state index contributed by atoms with van der Waals surface area (Å²) < 4.78 is 2.51. The van der Waals surface area contributed by atoms with Crippen LogP contribution in [0.4, 0.5) is 5.13 Å². The number of halogens is 2. The first kappa shape index (κ1) is 22.8. The second-order valence-electron chi connectivity index (χ2n) is 11.0. The molecular weight excluding hydrogens is 511 g/mol. The fraction of sp³-hybridized carbons (Fsp3) is 0.393. The van der Waals surface area contributed by atoms with E-state index in [4.69, 9.17) is 23.2 Å². The van der Waals surface area contributed by atoms with Gasteiger partial charge in [-0.1, -0.05) is 46.7 Å². The zero-order valence-corrected chi connectivity index (χ0v) is 22.3. The van der Waals surface area contributed by atoms with Gasteiger partial charge in [-0.25, -0.2) is 14.7 Å². The van der Waals surface area contributed by atoms with Crippen molar-refractivity contribution in [3.63, 3.8) is 0 Å². The Morgan fingerprint density at radius 1 is 1.06 bits per heavy atom. The smallest absolute Gasteiger partial charge is 0.280 e. The van der Waals surface area contributed by atoms with Crippen LogP contribution in [0.5, 0.6) is 0 Å². The zero-order valence-electron chi connectivity index (χ0n) is 19.9. The molecule has 2 aromatic heterocycles. The summed E-state index contributed by atoms with van der Waals surface area (Å²) in [6, 6.07) is 12.2. The molecule has 0 atom stereocenters. The van der Waals surface area contributed by atoms with E-state index in [0.717, 1.165) is 39.4 Å². The number of nitrogens with zero attached hydrogens (tertiary/aromatic N) is 3. The molecule has 2 heterocycles. The number of rotatable bonds is 4. The van der Waals surface area contributed by atoms with E-state index in [1.54, 1.807) is 23.0 Å². The number of aromatic amines is 1. The lowest BCUT2D eigenvalue weighted by atomic mass is 9.48. The third-order valence-corrected chi connectivity index (χ3v) is 10.3. The Morgan fingerprint density at radius 2 is 1.69 bits per heavy atom. The molecule has 4 bridgehead atoms. The van der Waals surface area contributed by atoms with Gasteiger partial charge in [0.05, 0.1) is 31.5 Å². The summed E-state index contributed by atoms with van der Waals surface area (Å²) >= 11 is 13.6. The minimum absolute atomic E-state index is 0.119. The molecule has 4 aliphatic carbocycles. The van der Waals surface area contributed by atoms with Crippen molar-refractivity contribution in [1.82, 2.24) is 14.8 Å². The number of hydrogen-bond donors (Lipinski definition) is 1. The predicted molar refractivity (Wildman–Crippen MR) is 148 cm³/mol. The molecule has 4 aliphatic rings. The second-order valence-corrected chi connectivity index (χ2v) is 12.8. The molecule has 8 rings (SSSR count). The number of H-pyrrole nitrogens is 1. The van der Waals surface area contributed by atoms with Crippen molar-refractivity contribution in [2.45, 2.75) is 50.9 Å². The van der Waals surface area contributed by atoms with Crippen molar-refractivity contribution in [1.29, 1.82) is 0 Å². The largest absolute Gasteiger partial charge is 0.295 e. The summed E-state index contributed by atoms with van der Waals surface area (Å²) in [4.78, 5) is 22.3. The summed E-state index contributed by atoms with van der Waals surface area (Å²) in [5, 5.41) is 4.72. The number of aryl methyl sites for hydroxylation is 1. The van der Waals surface area contributed by atoms with Gasteiger partial charge in [-0.15, -0.1) is 0 Å². The van der Waals surface area contributed by atoms with Gasteiger partial charge in [0.25, 0.3) is 5.56 Å². The summed E-state index contributed by atoms with van der Waals surface area (Å²) in [7, 11) is 0. The van der Waals surface area contributed by atoms with Crippen LogP contribution in [0.2, 0.25) is 10.0 Å². The molecule has 8 heteroatoms. The maximum Gasteiger partial charge on any atom is 0.280 e. The van der Waals surface area contributed by atoms with Crippen molar-refractivity contribution in [2.24, 2.45) is 22.7 Å². The van der Waals surface area contributed by atoms with Gasteiger partial charge < -0.3 is 0 Å². The zero-order chi connectivity index (χ0) is 24.6. The van der Waals surface area contributed by atoms with E-state index in [9.17, 15) is 4.79 Å². The van der Waals surface area contributed by atoms with E-state index in [1.807, 2.05) is 6.92 Å². The van der Waals surface area contributed by atoms with Gasteiger partial charge in [-0.2, -0.15) is 0 Å². The highest BCUT2D eigenvalue weighted by Crippen LogP contribution is 2.60. The summed E-state index contributed by atoms with van der Waals surface area (Å²) in [6.07, 6.45) is 9.93. The van der Waals surface area contributed by atoms with Crippen LogP contribution in [0, 0.1) is 24.7 Å². The minimum atomic E-state index is -0.119. The van der Waals surface area contributed by atoms with E-state index in [0.29, 0.717) is 26.2 Å². The number of nitrogens with one attached hydrogen (secondary N) is 1. The lowest BCUT2D eigenvalue weighted by Gasteiger charge is -2.57. The molecule has 4 aromatic rings. The van der Waals surface area contributed by atoms with Crippen LogP contribution in [-0.4, -0.2) is 21.0 Å². The standard InChI is InChI=1S/C28H26Cl2N4OS/c1-15-21(14-31-27-32-24-9-22(29)23(30)10-25(24)36-27)26(35)34(33-15)20-4-2-19(3-5-20)28-11-16-6-17(12-28)8-18(7-16)13-28/h2-5,9-10,14,16-18,33H,6-8,11-13H2,1H3. The molecular formula is C28H26Cl2N4OS. The topological polar surface area (TPSA) is 63.0 Å². The fourth-order valence-corrected chi connectivity index (χ4v) is 8.63. The summed E-state index contributed by atoms with van der Waals surface area (Å²) in [5.41, 5.74) is 4.57. The van der Waals surface area contributed by atoms with Crippen molar-refractivity contribution in [3.05, 3.63) is 73.6 Å².